The monoisotopic (exact) mass is 221 g/mol. The van der Waals surface area contributed by atoms with Crippen LogP contribution in [-0.2, 0) is 10.1 Å². The molecule has 0 aromatic heterocycles. The van der Waals surface area contributed by atoms with Crippen LogP contribution in [0, 0.1) is 15.9 Å². The van der Waals surface area contributed by atoms with Crippen LogP contribution >= 0.6 is 0 Å². The predicted octanol–water partition coefficient (Wildman–Crippen LogP) is 0.981. The zero-order valence-corrected chi connectivity index (χ0v) is 7.36. The number of benzene rings is 1. The van der Waals surface area contributed by atoms with Gasteiger partial charge in [0.1, 0.15) is 0 Å². The van der Waals surface area contributed by atoms with Crippen LogP contribution < -0.4 is 0 Å². The molecule has 1 rings (SSSR count). The largest absolute Gasteiger partial charge is 0.325 e. The lowest BCUT2D eigenvalue weighted by Crippen LogP contribution is -2.04. The van der Waals surface area contributed by atoms with Crippen LogP contribution in [0.2, 0.25) is 0 Å². The van der Waals surface area contributed by atoms with Crippen LogP contribution in [0.5, 0.6) is 0 Å². The molecule has 0 aliphatic carbocycles. The van der Waals surface area contributed by atoms with E-state index < -0.39 is 31.4 Å². The van der Waals surface area contributed by atoms with E-state index in [4.69, 9.17) is 4.55 Å². The van der Waals surface area contributed by atoms with Crippen molar-refractivity contribution < 1.29 is 22.3 Å². The van der Waals surface area contributed by atoms with Gasteiger partial charge < -0.3 is 0 Å². The van der Waals surface area contributed by atoms with Gasteiger partial charge in [0.25, 0.3) is 0 Å². The molecule has 8 heteroatoms. The molecule has 0 saturated heterocycles. The highest BCUT2D eigenvalue weighted by Gasteiger charge is 2.27. The van der Waals surface area contributed by atoms with Gasteiger partial charge >= 0.3 is 15.8 Å². The van der Waals surface area contributed by atoms with E-state index in [9.17, 15) is 22.9 Å². The topological polar surface area (TPSA) is 97.5 Å². The van der Waals surface area contributed by atoms with Crippen molar-refractivity contribution in [3.63, 3.8) is 0 Å². The van der Waals surface area contributed by atoms with Gasteiger partial charge in [0.05, 0.1) is 4.92 Å². The summed E-state index contributed by atoms with van der Waals surface area (Å²) in [7, 11) is -4.78. The number of nitro benzene ring substituents is 1. The van der Waals surface area contributed by atoms with E-state index in [0.717, 1.165) is 18.2 Å². The first kappa shape index (κ1) is 10.5. The van der Waals surface area contributed by atoms with Crippen molar-refractivity contribution in [3.8, 4) is 0 Å². The first-order chi connectivity index (χ1) is 6.34. The number of halogens is 1. The highest BCUT2D eigenvalue weighted by Crippen LogP contribution is 2.25. The van der Waals surface area contributed by atoms with Crippen molar-refractivity contribution in [2.24, 2.45) is 0 Å². The highest BCUT2D eigenvalue weighted by molar-refractivity contribution is 7.86. The molecular formula is C6H4FNO5S. The zero-order valence-electron chi connectivity index (χ0n) is 6.55. The molecule has 1 aromatic rings. The molecule has 0 spiro atoms. The molecule has 0 unspecified atom stereocenters. The molecule has 14 heavy (non-hydrogen) atoms. The molecule has 0 bridgehead atoms. The first-order valence-electron chi connectivity index (χ1n) is 3.24. The maximum atomic E-state index is 12.8. The Hall–Kier alpha value is -1.54. The third-order valence-corrected chi connectivity index (χ3v) is 2.30. The summed E-state index contributed by atoms with van der Waals surface area (Å²) in [5.41, 5.74) is -1.25. The van der Waals surface area contributed by atoms with Crippen molar-refractivity contribution in [2.45, 2.75) is 4.90 Å². The van der Waals surface area contributed by atoms with Gasteiger partial charge in [-0.3, -0.25) is 14.7 Å². The van der Waals surface area contributed by atoms with Gasteiger partial charge in [-0.05, 0) is 12.1 Å². The minimum atomic E-state index is -4.78. The number of nitro groups is 1. The number of nitrogens with zero attached hydrogens (tertiary/aromatic N) is 1. The third-order valence-electron chi connectivity index (χ3n) is 1.41. The average molecular weight is 221 g/mol. The maximum Gasteiger partial charge on any atom is 0.325 e. The number of para-hydroxylation sites is 1. The van der Waals surface area contributed by atoms with Crippen LogP contribution in [0.15, 0.2) is 23.1 Å². The minimum absolute atomic E-state index is 0.729. The Morgan fingerprint density at radius 1 is 1.43 bits per heavy atom. The summed E-state index contributed by atoms with van der Waals surface area (Å²) >= 11 is 0. The Bertz CT molecular complexity index is 483. The smallest absolute Gasteiger partial charge is 0.282 e. The van der Waals surface area contributed by atoms with E-state index in [1.54, 1.807) is 0 Å². The van der Waals surface area contributed by atoms with Gasteiger partial charge in [-0.15, -0.1) is 0 Å². The summed E-state index contributed by atoms with van der Waals surface area (Å²) in [4.78, 5) is 8.02. The summed E-state index contributed by atoms with van der Waals surface area (Å²) < 4.78 is 42.5. The standard InChI is InChI=1S/C6H4FNO5S/c7-4-2-1-3-5(14(11,12)13)6(4)8(9)10/h1-3H,(H,11,12,13). The molecule has 1 aromatic carbocycles. The summed E-state index contributed by atoms with van der Waals surface area (Å²) in [6.45, 7) is 0. The Balaban J connectivity index is 3.61. The van der Waals surface area contributed by atoms with E-state index in [-0.39, 0.29) is 0 Å². The van der Waals surface area contributed by atoms with Crippen molar-refractivity contribution in [3.05, 3.63) is 34.1 Å². The zero-order chi connectivity index (χ0) is 10.9. The van der Waals surface area contributed by atoms with Crippen LogP contribution in [0.4, 0.5) is 10.1 Å². The molecule has 0 saturated carbocycles. The van der Waals surface area contributed by atoms with Gasteiger partial charge in [0.2, 0.25) is 5.82 Å². The van der Waals surface area contributed by atoms with Crippen molar-refractivity contribution in [1.82, 2.24) is 0 Å². The van der Waals surface area contributed by atoms with E-state index in [2.05, 4.69) is 0 Å². The lowest BCUT2D eigenvalue weighted by molar-refractivity contribution is -0.390. The van der Waals surface area contributed by atoms with Crippen LogP contribution in [-0.4, -0.2) is 17.9 Å². The maximum absolute atomic E-state index is 12.8. The fourth-order valence-corrected chi connectivity index (χ4v) is 1.55. The fraction of sp³-hybridized carbons (Fsp3) is 0. The molecule has 0 fully saturated rings. The van der Waals surface area contributed by atoms with E-state index in [1.165, 1.54) is 0 Å². The molecule has 1 N–H and O–H groups in total. The Kier molecular flexibility index (Phi) is 2.49. The van der Waals surface area contributed by atoms with Gasteiger partial charge in [-0.2, -0.15) is 12.8 Å². The average Bonchev–Trinajstić information content (AvgIpc) is 2.01. The molecular weight excluding hydrogens is 217 g/mol. The SMILES string of the molecule is O=[N+]([O-])c1c(F)cccc1S(=O)(=O)O. The van der Waals surface area contributed by atoms with E-state index in [1.807, 2.05) is 0 Å². The van der Waals surface area contributed by atoms with Crippen LogP contribution in [0.25, 0.3) is 0 Å². The molecule has 76 valence electrons. The summed E-state index contributed by atoms with van der Waals surface area (Å²) in [6, 6.07) is 2.43. The number of hydrogen-bond acceptors (Lipinski definition) is 4. The van der Waals surface area contributed by atoms with Gasteiger partial charge in [-0.25, -0.2) is 0 Å². The molecule has 0 aliphatic rings. The van der Waals surface area contributed by atoms with Crippen molar-refractivity contribution >= 4 is 15.8 Å². The first-order valence-corrected chi connectivity index (χ1v) is 4.68. The summed E-state index contributed by atoms with van der Waals surface area (Å²) in [5.74, 6) is -1.31. The second-order valence-corrected chi connectivity index (χ2v) is 3.71. The normalized spacial score (nSPS) is 11.3. The molecule has 0 heterocycles. The highest BCUT2D eigenvalue weighted by atomic mass is 32.2. The molecule has 0 atom stereocenters. The number of hydrogen-bond donors (Lipinski definition) is 1. The Morgan fingerprint density at radius 3 is 2.36 bits per heavy atom. The predicted molar refractivity (Wildman–Crippen MR) is 42.9 cm³/mol. The van der Waals surface area contributed by atoms with Gasteiger partial charge in [0.15, 0.2) is 4.90 Å². The molecule has 6 nitrogen and oxygen atoms in total. The van der Waals surface area contributed by atoms with Crippen LogP contribution in [0.3, 0.4) is 0 Å². The van der Waals surface area contributed by atoms with E-state index >= 15 is 0 Å². The Labute approximate surface area is 77.9 Å². The second-order valence-electron chi connectivity index (χ2n) is 2.32. The third kappa shape index (κ3) is 1.86. The van der Waals surface area contributed by atoms with Crippen molar-refractivity contribution in [2.75, 3.05) is 0 Å². The van der Waals surface area contributed by atoms with E-state index in [0.29, 0.717) is 0 Å². The minimum Gasteiger partial charge on any atom is -0.282 e. The lowest BCUT2D eigenvalue weighted by Gasteiger charge is -1.99. The lowest BCUT2D eigenvalue weighted by atomic mass is 10.3. The van der Waals surface area contributed by atoms with Gasteiger partial charge in [-0.1, -0.05) is 6.07 Å². The molecule has 0 amide bonds. The summed E-state index contributed by atoms with van der Waals surface area (Å²) in [5, 5.41) is 10.3. The number of rotatable bonds is 2. The van der Waals surface area contributed by atoms with Crippen LogP contribution in [0.1, 0.15) is 0 Å². The molecule has 0 aliphatic heterocycles. The van der Waals surface area contributed by atoms with Gasteiger partial charge in [0, 0.05) is 0 Å². The fourth-order valence-electron chi connectivity index (χ4n) is 0.881. The molecule has 0 radical (unpaired) electrons. The van der Waals surface area contributed by atoms with Crippen molar-refractivity contribution in [1.29, 1.82) is 0 Å². The quantitative estimate of drug-likeness (QED) is 0.456. The Morgan fingerprint density at radius 2 is 2.00 bits per heavy atom. The summed E-state index contributed by atoms with van der Waals surface area (Å²) in [6.07, 6.45) is 0. The second kappa shape index (κ2) is 3.31.